The molecule has 37 heavy (non-hydrogen) atoms. The van der Waals surface area contributed by atoms with Crippen molar-refractivity contribution in [2.45, 2.75) is 13.5 Å². The molecule has 0 unspecified atom stereocenters. The minimum absolute atomic E-state index is 0.185. The Labute approximate surface area is 215 Å². The van der Waals surface area contributed by atoms with Crippen LogP contribution in [0.15, 0.2) is 108 Å². The summed E-state index contributed by atoms with van der Waals surface area (Å²) in [6.45, 7) is 2.24. The molecule has 0 saturated heterocycles. The SMILES string of the molecule is Cc1ccc(C(=O)Oc2ccc(/C=N/NC(=O)COc3ccc(OCc4ccccc4)cc3)cc2)cc1. The lowest BCUT2D eigenvalue weighted by atomic mass is 10.1. The smallest absolute Gasteiger partial charge is 0.343 e. The number of rotatable bonds is 10. The number of nitrogens with zero attached hydrogens (tertiary/aromatic N) is 1. The van der Waals surface area contributed by atoms with Crippen molar-refractivity contribution < 1.29 is 23.8 Å². The Morgan fingerprint density at radius 3 is 2.05 bits per heavy atom. The minimum Gasteiger partial charge on any atom is -0.489 e. The maximum Gasteiger partial charge on any atom is 0.343 e. The Kier molecular flexibility index (Phi) is 8.64. The van der Waals surface area contributed by atoms with Crippen molar-refractivity contribution in [2.24, 2.45) is 5.10 Å². The van der Waals surface area contributed by atoms with Gasteiger partial charge < -0.3 is 14.2 Å². The number of aryl methyl sites for hydroxylation is 1. The number of esters is 1. The van der Waals surface area contributed by atoms with E-state index < -0.39 is 11.9 Å². The van der Waals surface area contributed by atoms with Crippen molar-refractivity contribution in [3.63, 3.8) is 0 Å². The van der Waals surface area contributed by atoms with E-state index in [4.69, 9.17) is 14.2 Å². The number of hydrogen-bond donors (Lipinski definition) is 1. The average Bonchev–Trinajstić information content (AvgIpc) is 2.93. The maximum absolute atomic E-state index is 12.2. The van der Waals surface area contributed by atoms with Crippen molar-refractivity contribution in [3.8, 4) is 17.2 Å². The fourth-order valence-electron chi connectivity index (χ4n) is 3.21. The predicted molar refractivity (Wildman–Crippen MR) is 141 cm³/mol. The molecule has 0 radical (unpaired) electrons. The molecule has 0 fully saturated rings. The number of hydrogen-bond acceptors (Lipinski definition) is 6. The van der Waals surface area contributed by atoms with Crippen LogP contribution in [-0.2, 0) is 11.4 Å². The number of carbonyl (C=O) groups is 2. The zero-order valence-electron chi connectivity index (χ0n) is 20.3. The van der Waals surface area contributed by atoms with Crippen LogP contribution in [0.25, 0.3) is 0 Å². The van der Waals surface area contributed by atoms with Gasteiger partial charge in [0.1, 0.15) is 23.9 Å². The van der Waals surface area contributed by atoms with Crippen molar-refractivity contribution in [2.75, 3.05) is 6.61 Å². The summed E-state index contributed by atoms with van der Waals surface area (Å²) in [5.74, 6) is 0.840. The summed E-state index contributed by atoms with van der Waals surface area (Å²) in [5, 5.41) is 3.94. The average molecular weight is 495 g/mol. The van der Waals surface area contributed by atoms with E-state index in [9.17, 15) is 9.59 Å². The first-order valence-electron chi connectivity index (χ1n) is 11.7. The van der Waals surface area contributed by atoms with Crippen molar-refractivity contribution in [3.05, 3.63) is 125 Å². The van der Waals surface area contributed by atoms with E-state index in [0.29, 0.717) is 29.4 Å². The lowest BCUT2D eigenvalue weighted by Gasteiger charge is -2.08. The largest absolute Gasteiger partial charge is 0.489 e. The van der Waals surface area contributed by atoms with E-state index in [-0.39, 0.29) is 6.61 Å². The quantitative estimate of drug-likeness (QED) is 0.140. The standard InChI is InChI=1S/C30H26N2O5/c1-22-7-11-25(12-8-22)30(34)37-28-13-9-23(10-14-28)19-31-32-29(33)21-36-27-17-15-26(16-18-27)35-20-24-5-3-2-4-6-24/h2-19H,20-21H2,1H3,(H,32,33)/b31-19+. The molecule has 1 N–H and O–H groups in total. The molecule has 0 aliphatic rings. The zero-order valence-corrected chi connectivity index (χ0v) is 20.3. The van der Waals surface area contributed by atoms with E-state index in [1.165, 1.54) is 6.21 Å². The maximum atomic E-state index is 12.2. The highest BCUT2D eigenvalue weighted by molar-refractivity contribution is 5.91. The lowest BCUT2D eigenvalue weighted by molar-refractivity contribution is -0.123. The van der Waals surface area contributed by atoms with Crippen LogP contribution in [0.5, 0.6) is 17.2 Å². The van der Waals surface area contributed by atoms with Gasteiger partial charge in [0.2, 0.25) is 0 Å². The summed E-state index contributed by atoms with van der Waals surface area (Å²) in [4.78, 5) is 24.2. The van der Waals surface area contributed by atoms with Gasteiger partial charge in [0, 0.05) is 0 Å². The number of amides is 1. The van der Waals surface area contributed by atoms with Gasteiger partial charge in [0.15, 0.2) is 6.61 Å². The molecule has 0 saturated carbocycles. The van der Waals surface area contributed by atoms with Gasteiger partial charge in [-0.15, -0.1) is 0 Å². The number of nitrogens with one attached hydrogen (secondary N) is 1. The summed E-state index contributed by atoms with van der Waals surface area (Å²) in [6, 6.07) is 30.9. The van der Waals surface area contributed by atoms with E-state index in [1.54, 1.807) is 60.7 Å². The second-order valence-corrected chi connectivity index (χ2v) is 8.15. The van der Waals surface area contributed by atoms with Crippen molar-refractivity contribution in [1.29, 1.82) is 0 Å². The van der Waals surface area contributed by atoms with E-state index in [2.05, 4.69) is 10.5 Å². The highest BCUT2D eigenvalue weighted by atomic mass is 16.5. The topological polar surface area (TPSA) is 86.2 Å². The number of benzene rings is 4. The molecule has 4 aromatic carbocycles. The Hall–Kier alpha value is -4.91. The molecular formula is C30H26N2O5. The van der Waals surface area contributed by atoms with E-state index in [1.807, 2.05) is 49.4 Å². The zero-order chi connectivity index (χ0) is 25.9. The molecule has 7 nitrogen and oxygen atoms in total. The first-order chi connectivity index (χ1) is 18.0. The van der Waals surface area contributed by atoms with Gasteiger partial charge in [-0.1, -0.05) is 48.0 Å². The van der Waals surface area contributed by atoms with Gasteiger partial charge in [-0.05, 0) is 78.7 Å². The first kappa shape index (κ1) is 25.2. The Bertz CT molecular complexity index is 1330. The van der Waals surface area contributed by atoms with Crippen LogP contribution in [0.4, 0.5) is 0 Å². The normalized spacial score (nSPS) is 10.6. The molecule has 0 spiro atoms. The number of ether oxygens (including phenoxy) is 3. The van der Waals surface area contributed by atoms with Gasteiger partial charge in [-0.3, -0.25) is 4.79 Å². The summed E-state index contributed by atoms with van der Waals surface area (Å²) >= 11 is 0. The molecule has 4 rings (SSSR count). The van der Waals surface area contributed by atoms with Gasteiger partial charge >= 0.3 is 5.97 Å². The third-order valence-electron chi connectivity index (χ3n) is 5.22. The molecule has 4 aromatic rings. The number of hydrazone groups is 1. The fraction of sp³-hybridized carbons (Fsp3) is 0.100. The third kappa shape index (κ3) is 8.07. The van der Waals surface area contributed by atoms with Crippen LogP contribution in [0.1, 0.15) is 27.0 Å². The molecule has 0 aromatic heterocycles. The second kappa shape index (κ2) is 12.7. The minimum atomic E-state index is -0.428. The predicted octanol–water partition coefficient (Wildman–Crippen LogP) is 5.32. The Morgan fingerprint density at radius 2 is 1.38 bits per heavy atom. The fourth-order valence-corrected chi connectivity index (χ4v) is 3.21. The summed E-state index contributed by atoms with van der Waals surface area (Å²) in [7, 11) is 0. The summed E-state index contributed by atoms with van der Waals surface area (Å²) in [6.07, 6.45) is 1.49. The molecule has 0 atom stereocenters. The third-order valence-corrected chi connectivity index (χ3v) is 5.22. The summed E-state index contributed by atoms with van der Waals surface area (Å²) < 4.78 is 16.6. The van der Waals surface area contributed by atoms with Crippen LogP contribution < -0.4 is 19.6 Å². The van der Waals surface area contributed by atoms with Crippen molar-refractivity contribution >= 4 is 18.1 Å². The summed E-state index contributed by atoms with van der Waals surface area (Å²) in [5.41, 5.74) is 5.77. The molecular weight excluding hydrogens is 468 g/mol. The monoisotopic (exact) mass is 494 g/mol. The molecule has 1 amide bonds. The van der Waals surface area contributed by atoms with Gasteiger partial charge in [0.05, 0.1) is 11.8 Å². The highest BCUT2D eigenvalue weighted by Crippen LogP contribution is 2.19. The molecule has 0 aliphatic heterocycles. The number of carbonyl (C=O) groups excluding carboxylic acids is 2. The lowest BCUT2D eigenvalue weighted by Crippen LogP contribution is -2.24. The van der Waals surface area contributed by atoms with Crippen molar-refractivity contribution in [1.82, 2.24) is 5.43 Å². The molecule has 7 heteroatoms. The molecule has 0 heterocycles. The first-order valence-corrected chi connectivity index (χ1v) is 11.7. The second-order valence-electron chi connectivity index (χ2n) is 8.15. The Balaban J connectivity index is 1.17. The molecule has 0 bridgehead atoms. The van der Waals surface area contributed by atoms with E-state index >= 15 is 0 Å². The van der Waals surface area contributed by atoms with Crippen LogP contribution in [0.3, 0.4) is 0 Å². The van der Waals surface area contributed by atoms with Crippen LogP contribution in [-0.4, -0.2) is 24.7 Å². The van der Waals surface area contributed by atoms with Gasteiger partial charge in [-0.2, -0.15) is 5.10 Å². The van der Waals surface area contributed by atoms with Crippen LogP contribution in [0.2, 0.25) is 0 Å². The van der Waals surface area contributed by atoms with Crippen LogP contribution in [0, 0.1) is 6.92 Å². The van der Waals surface area contributed by atoms with Gasteiger partial charge in [0.25, 0.3) is 5.91 Å². The highest BCUT2D eigenvalue weighted by Gasteiger charge is 2.08. The Morgan fingerprint density at radius 1 is 0.757 bits per heavy atom. The molecule has 0 aliphatic carbocycles. The van der Waals surface area contributed by atoms with Gasteiger partial charge in [-0.25, -0.2) is 10.2 Å². The van der Waals surface area contributed by atoms with Crippen LogP contribution >= 0.6 is 0 Å². The van der Waals surface area contributed by atoms with E-state index in [0.717, 1.165) is 16.7 Å². The molecule has 186 valence electrons.